The molecule has 3 nitrogen and oxygen atoms in total. The highest BCUT2D eigenvalue weighted by atomic mass is 35.5. The summed E-state index contributed by atoms with van der Waals surface area (Å²) in [4.78, 5) is 15.8. The molecule has 2 rings (SSSR count). The molecule has 1 aliphatic rings. The Morgan fingerprint density at radius 3 is 2.94 bits per heavy atom. The highest BCUT2D eigenvalue weighted by Crippen LogP contribution is 2.27. The molecule has 1 atom stereocenters. The van der Waals surface area contributed by atoms with Gasteiger partial charge >= 0.3 is 0 Å². The fourth-order valence-electron chi connectivity index (χ4n) is 2.04. The smallest absolute Gasteiger partial charge is 0.225 e. The summed E-state index contributed by atoms with van der Waals surface area (Å²) >= 11 is 11.8. The number of rotatable bonds is 3. The van der Waals surface area contributed by atoms with Gasteiger partial charge in [0.05, 0.1) is 5.69 Å². The standard InChI is InChI=1S/C13H14Cl2N2O/c1-8-6-10(14)16-13(15)12(8)17-11(18)7-9-4-2-3-5-9/h2,4,6,9H,3,5,7H2,1H3,(H,17,18). The number of carbonyl (C=O) groups is 1. The van der Waals surface area contributed by atoms with Gasteiger partial charge in [-0.05, 0) is 37.3 Å². The zero-order valence-corrected chi connectivity index (χ0v) is 11.6. The molecule has 5 heteroatoms. The molecule has 1 heterocycles. The first-order valence-electron chi connectivity index (χ1n) is 5.85. The molecule has 0 aliphatic heterocycles. The van der Waals surface area contributed by atoms with E-state index in [4.69, 9.17) is 23.2 Å². The lowest BCUT2D eigenvalue weighted by atomic mass is 10.0. The van der Waals surface area contributed by atoms with E-state index in [9.17, 15) is 4.79 Å². The second-order valence-electron chi connectivity index (χ2n) is 4.45. The summed E-state index contributed by atoms with van der Waals surface area (Å²) in [5, 5.41) is 3.37. The Balaban J connectivity index is 2.04. The number of pyridine rings is 1. The van der Waals surface area contributed by atoms with Gasteiger partial charge in [0.15, 0.2) is 5.15 Å². The van der Waals surface area contributed by atoms with Crippen molar-refractivity contribution in [2.24, 2.45) is 5.92 Å². The summed E-state index contributed by atoms with van der Waals surface area (Å²) in [6.07, 6.45) is 6.78. The number of hydrogen-bond donors (Lipinski definition) is 1. The SMILES string of the molecule is Cc1cc(Cl)nc(Cl)c1NC(=O)CC1C=CCC1. The number of aromatic nitrogens is 1. The fraction of sp³-hybridized carbons (Fsp3) is 0.385. The Morgan fingerprint density at radius 1 is 1.56 bits per heavy atom. The van der Waals surface area contributed by atoms with Gasteiger partial charge in [-0.25, -0.2) is 4.98 Å². The summed E-state index contributed by atoms with van der Waals surface area (Å²) in [6, 6.07) is 1.68. The van der Waals surface area contributed by atoms with Crippen molar-refractivity contribution in [2.45, 2.75) is 26.2 Å². The Labute approximate surface area is 116 Å². The normalized spacial score (nSPS) is 18.1. The van der Waals surface area contributed by atoms with Crippen LogP contribution in [0.3, 0.4) is 0 Å². The zero-order chi connectivity index (χ0) is 13.1. The highest BCUT2D eigenvalue weighted by molar-refractivity contribution is 6.34. The van der Waals surface area contributed by atoms with Crippen LogP contribution in [0.2, 0.25) is 10.3 Å². The largest absolute Gasteiger partial charge is 0.323 e. The van der Waals surface area contributed by atoms with Crippen molar-refractivity contribution < 1.29 is 4.79 Å². The third-order valence-corrected chi connectivity index (χ3v) is 3.43. The number of amides is 1. The number of nitrogens with one attached hydrogen (secondary N) is 1. The lowest BCUT2D eigenvalue weighted by Crippen LogP contribution is -2.16. The molecule has 1 aromatic heterocycles. The van der Waals surface area contributed by atoms with E-state index in [1.54, 1.807) is 6.07 Å². The fourth-order valence-corrected chi connectivity index (χ4v) is 2.62. The summed E-state index contributed by atoms with van der Waals surface area (Å²) in [6.45, 7) is 1.84. The predicted molar refractivity (Wildman–Crippen MR) is 74.1 cm³/mol. The molecule has 1 unspecified atom stereocenters. The first kappa shape index (κ1) is 13.4. The lowest BCUT2D eigenvalue weighted by molar-refractivity contribution is -0.116. The second-order valence-corrected chi connectivity index (χ2v) is 5.19. The Kier molecular flexibility index (Phi) is 4.25. The third-order valence-electron chi connectivity index (χ3n) is 2.97. The molecule has 0 spiro atoms. The average Bonchev–Trinajstić information content (AvgIpc) is 2.76. The van der Waals surface area contributed by atoms with Crippen molar-refractivity contribution in [3.63, 3.8) is 0 Å². The van der Waals surface area contributed by atoms with E-state index in [0.717, 1.165) is 18.4 Å². The molecule has 1 amide bonds. The Morgan fingerprint density at radius 2 is 2.33 bits per heavy atom. The van der Waals surface area contributed by atoms with Crippen LogP contribution < -0.4 is 5.32 Å². The maximum absolute atomic E-state index is 11.9. The number of anilines is 1. The van der Waals surface area contributed by atoms with E-state index in [1.165, 1.54) is 0 Å². The molecule has 0 radical (unpaired) electrons. The van der Waals surface area contributed by atoms with Crippen molar-refractivity contribution in [3.8, 4) is 0 Å². The summed E-state index contributed by atoms with van der Waals surface area (Å²) < 4.78 is 0. The van der Waals surface area contributed by atoms with Crippen LogP contribution in [0.15, 0.2) is 18.2 Å². The van der Waals surface area contributed by atoms with Gasteiger partial charge in [0.25, 0.3) is 0 Å². The third kappa shape index (κ3) is 3.24. The maximum Gasteiger partial charge on any atom is 0.225 e. The summed E-state index contributed by atoms with van der Waals surface area (Å²) in [5.41, 5.74) is 1.36. The van der Waals surface area contributed by atoms with Gasteiger partial charge in [-0.2, -0.15) is 0 Å². The van der Waals surface area contributed by atoms with Gasteiger partial charge < -0.3 is 5.32 Å². The number of aryl methyl sites for hydroxylation is 1. The van der Waals surface area contributed by atoms with Crippen LogP contribution in [0.4, 0.5) is 5.69 Å². The minimum Gasteiger partial charge on any atom is -0.323 e. The molecule has 0 aromatic carbocycles. The van der Waals surface area contributed by atoms with E-state index in [2.05, 4.69) is 22.5 Å². The van der Waals surface area contributed by atoms with E-state index in [1.807, 2.05) is 6.92 Å². The summed E-state index contributed by atoms with van der Waals surface area (Å²) in [7, 11) is 0. The predicted octanol–water partition coefficient (Wildman–Crippen LogP) is 3.99. The van der Waals surface area contributed by atoms with Crippen LogP contribution in [-0.4, -0.2) is 10.9 Å². The van der Waals surface area contributed by atoms with E-state index < -0.39 is 0 Å². The Hall–Kier alpha value is -1.06. The number of allylic oxidation sites excluding steroid dienone is 2. The molecule has 1 aromatic rings. The van der Waals surface area contributed by atoms with E-state index in [-0.39, 0.29) is 11.1 Å². The van der Waals surface area contributed by atoms with Gasteiger partial charge in [0.1, 0.15) is 5.15 Å². The van der Waals surface area contributed by atoms with Crippen molar-refractivity contribution in [1.82, 2.24) is 4.98 Å². The van der Waals surface area contributed by atoms with Crippen molar-refractivity contribution in [2.75, 3.05) is 5.32 Å². The minimum absolute atomic E-state index is 0.0410. The quantitative estimate of drug-likeness (QED) is 0.674. The van der Waals surface area contributed by atoms with Crippen LogP contribution in [0.1, 0.15) is 24.8 Å². The molecule has 1 N–H and O–H groups in total. The number of halogens is 2. The van der Waals surface area contributed by atoms with Crippen LogP contribution >= 0.6 is 23.2 Å². The van der Waals surface area contributed by atoms with Gasteiger partial charge in [-0.3, -0.25) is 4.79 Å². The van der Waals surface area contributed by atoms with Crippen molar-refractivity contribution >= 4 is 34.8 Å². The maximum atomic E-state index is 11.9. The zero-order valence-electron chi connectivity index (χ0n) is 10.0. The highest BCUT2D eigenvalue weighted by Gasteiger charge is 2.16. The monoisotopic (exact) mass is 284 g/mol. The Bertz CT molecular complexity index is 477. The summed E-state index contributed by atoms with van der Waals surface area (Å²) in [5.74, 6) is 0.296. The molecular weight excluding hydrogens is 271 g/mol. The van der Waals surface area contributed by atoms with Crippen LogP contribution in [-0.2, 0) is 4.79 Å². The molecule has 0 saturated heterocycles. The van der Waals surface area contributed by atoms with Crippen LogP contribution in [0, 0.1) is 12.8 Å². The molecule has 1 aliphatic carbocycles. The van der Waals surface area contributed by atoms with Gasteiger partial charge in [-0.1, -0.05) is 35.4 Å². The lowest BCUT2D eigenvalue weighted by Gasteiger charge is -2.12. The second kappa shape index (κ2) is 5.72. The molecule has 0 bridgehead atoms. The van der Waals surface area contributed by atoms with Crippen molar-refractivity contribution in [1.29, 1.82) is 0 Å². The number of carbonyl (C=O) groups excluding carboxylic acids is 1. The number of nitrogens with zero attached hydrogens (tertiary/aromatic N) is 1. The average molecular weight is 285 g/mol. The van der Waals surface area contributed by atoms with Gasteiger partial charge in [-0.15, -0.1) is 0 Å². The van der Waals surface area contributed by atoms with Gasteiger partial charge in [0.2, 0.25) is 5.91 Å². The first-order valence-corrected chi connectivity index (χ1v) is 6.61. The van der Waals surface area contributed by atoms with Crippen LogP contribution in [0.5, 0.6) is 0 Å². The van der Waals surface area contributed by atoms with Crippen LogP contribution in [0.25, 0.3) is 0 Å². The van der Waals surface area contributed by atoms with Gasteiger partial charge in [0, 0.05) is 6.42 Å². The molecule has 0 fully saturated rings. The van der Waals surface area contributed by atoms with Crippen molar-refractivity contribution in [3.05, 3.63) is 34.1 Å². The topological polar surface area (TPSA) is 42.0 Å². The first-order chi connectivity index (χ1) is 8.56. The van der Waals surface area contributed by atoms with E-state index >= 15 is 0 Å². The molecule has 18 heavy (non-hydrogen) atoms. The molecule has 96 valence electrons. The molecule has 0 saturated carbocycles. The van der Waals surface area contributed by atoms with E-state index in [0.29, 0.717) is 23.2 Å². The minimum atomic E-state index is -0.0410. The number of hydrogen-bond acceptors (Lipinski definition) is 2. The molecular formula is C13H14Cl2N2O.